The second-order valence-electron chi connectivity index (χ2n) is 7.09. The van der Waals surface area contributed by atoms with Gasteiger partial charge in [0.05, 0.1) is 24.8 Å². The van der Waals surface area contributed by atoms with Crippen LogP contribution in [0.1, 0.15) is 22.1 Å². The Morgan fingerprint density at radius 3 is 2.50 bits per heavy atom. The molecular formula is C25H23ClN2O4. The van der Waals surface area contributed by atoms with Crippen molar-refractivity contribution in [2.24, 2.45) is 0 Å². The Morgan fingerprint density at radius 2 is 1.81 bits per heavy atom. The first-order chi connectivity index (χ1) is 15.6. The van der Waals surface area contributed by atoms with Crippen molar-refractivity contribution in [3.05, 3.63) is 89.5 Å². The number of rotatable bonds is 7. The van der Waals surface area contributed by atoms with Crippen molar-refractivity contribution < 1.29 is 19.0 Å². The van der Waals surface area contributed by atoms with E-state index < -0.39 is 6.17 Å². The minimum absolute atomic E-state index is 0.142. The molecule has 0 aromatic heterocycles. The van der Waals surface area contributed by atoms with Gasteiger partial charge in [0.2, 0.25) is 0 Å². The monoisotopic (exact) mass is 450 g/mol. The SMILES string of the molecule is C=CCOc1cc(Cl)c(C2Nc3ccccc3C(=O)N2c2ccc(OC)cc2)cc1OC. The molecule has 0 aliphatic carbocycles. The maximum Gasteiger partial charge on any atom is 0.262 e. The Hall–Kier alpha value is -3.64. The van der Waals surface area contributed by atoms with Crippen LogP contribution >= 0.6 is 11.6 Å². The summed E-state index contributed by atoms with van der Waals surface area (Å²) < 4.78 is 16.5. The van der Waals surface area contributed by atoms with Gasteiger partial charge in [0.1, 0.15) is 18.5 Å². The van der Waals surface area contributed by atoms with E-state index in [-0.39, 0.29) is 5.91 Å². The molecule has 0 fully saturated rings. The lowest BCUT2D eigenvalue weighted by atomic mass is 10.0. The van der Waals surface area contributed by atoms with Crippen molar-refractivity contribution in [1.29, 1.82) is 0 Å². The summed E-state index contributed by atoms with van der Waals surface area (Å²) in [6, 6.07) is 18.2. The van der Waals surface area contributed by atoms with Crippen LogP contribution in [0.25, 0.3) is 0 Å². The van der Waals surface area contributed by atoms with Crippen LogP contribution in [0.3, 0.4) is 0 Å². The molecule has 4 rings (SSSR count). The number of benzene rings is 3. The van der Waals surface area contributed by atoms with Gasteiger partial charge in [-0.15, -0.1) is 0 Å². The third-order valence-electron chi connectivity index (χ3n) is 5.21. The lowest BCUT2D eigenvalue weighted by Gasteiger charge is -2.38. The Bertz CT molecular complexity index is 1150. The lowest BCUT2D eigenvalue weighted by molar-refractivity contribution is 0.0975. The molecular weight excluding hydrogens is 428 g/mol. The number of hydrogen-bond acceptors (Lipinski definition) is 5. The molecule has 1 unspecified atom stereocenters. The maximum absolute atomic E-state index is 13.6. The number of amides is 1. The number of fused-ring (bicyclic) bond motifs is 1. The molecule has 1 N–H and O–H groups in total. The first-order valence-corrected chi connectivity index (χ1v) is 10.4. The minimum Gasteiger partial charge on any atom is -0.497 e. The van der Waals surface area contributed by atoms with Crippen molar-refractivity contribution in [2.45, 2.75) is 6.17 Å². The quantitative estimate of drug-likeness (QED) is 0.468. The summed E-state index contributed by atoms with van der Waals surface area (Å²) in [4.78, 5) is 15.2. The number of carbonyl (C=O) groups is 1. The predicted octanol–water partition coefficient (Wildman–Crippen LogP) is 5.69. The van der Waals surface area contributed by atoms with Crippen LogP contribution in [0.15, 0.2) is 73.3 Å². The van der Waals surface area contributed by atoms with E-state index in [9.17, 15) is 4.79 Å². The van der Waals surface area contributed by atoms with Gasteiger partial charge in [-0.25, -0.2) is 0 Å². The third-order valence-corrected chi connectivity index (χ3v) is 5.54. The number of ether oxygens (including phenoxy) is 3. The van der Waals surface area contributed by atoms with Crippen LogP contribution in [-0.4, -0.2) is 26.7 Å². The standard InChI is InChI=1S/C25H23ClN2O4/c1-4-13-32-23-15-20(26)19(14-22(23)31-3)24-27-21-8-6-5-7-18(21)25(29)28(24)16-9-11-17(30-2)12-10-16/h4-12,14-15,24,27H,1,13H2,2-3H3. The van der Waals surface area contributed by atoms with Crippen LogP contribution < -0.4 is 24.4 Å². The van der Waals surface area contributed by atoms with Crippen LogP contribution in [0.4, 0.5) is 11.4 Å². The third kappa shape index (κ3) is 3.97. The molecule has 7 heteroatoms. The second kappa shape index (κ2) is 9.24. The largest absolute Gasteiger partial charge is 0.497 e. The van der Waals surface area contributed by atoms with E-state index in [1.165, 1.54) is 0 Å². The van der Waals surface area contributed by atoms with Crippen molar-refractivity contribution in [3.63, 3.8) is 0 Å². The van der Waals surface area contributed by atoms with Crippen LogP contribution in [0.5, 0.6) is 17.2 Å². The normalized spacial score (nSPS) is 14.9. The summed E-state index contributed by atoms with van der Waals surface area (Å²) in [5, 5.41) is 3.89. The van der Waals surface area contributed by atoms with E-state index in [4.69, 9.17) is 25.8 Å². The summed E-state index contributed by atoms with van der Waals surface area (Å²) in [6.07, 6.45) is 1.07. The van der Waals surface area contributed by atoms with Gasteiger partial charge < -0.3 is 19.5 Å². The van der Waals surface area contributed by atoms with Crippen molar-refractivity contribution in [1.82, 2.24) is 0 Å². The Labute approximate surface area is 192 Å². The predicted molar refractivity (Wildman–Crippen MR) is 126 cm³/mol. The average Bonchev–Trinajstić information content (AvgIpc) is 2.83. The molecule has 0 saturated heterocycles. The minimum atomic E-state index is -0.569. The van der Waals surface area contributed by atoms with Crippen molar-refractivity contribution in [3.8, 4) is 17.2 Å². The molecule has 1 aliphatic rings. The Kier molecular flexibility index (Phi) is 6.23. The topological polar surface area (TPSA) is 60.0 Å². The molecule has 1 amide bonds. The van der Waals surface area contributed by atoms with Crippen molar-refractivity contribution >= 4 is 28.9 Å². The fraction of sp³-hybridized carbons (Fsp3) is 0.160. The lowest BCUT2D eigenvalue weighted by Crippen LogP contribution is -2.43. The molecule has 0 bridgehead atoms. The fourth-order valence-corrected chi connectivity index (χ4v) is 3.92. The summed E-state index contributed by atoms with van der Waals surface area (Å²) in [5.74, 6) is 1.57. The zero-order chi connectivity index (χ0) is 22.7. The van der Waals surface area contributed by atoms with E-state index in [2.05, 4.69) is 11.9 Å². The van der Waals surface area contributed by atoms with Gasteiger partial charge in [-0.2, -0.15) is 0 Å². The maximum atomic E-state index is 13.6. The highest BCUT2D eigenvalue weighted by molar-refractivity contribution is 6.31. The Balaban J connectivity index is 1.84. The molecule has 32 heavy (non-hydrogen) atoms. The zero-order valence-electron chi connectivity index (χ0n) is 17.8. The number of hydrogen-bond donors (Lipinski definition) is 1. The number of anilines is 2. The van der Waals surface area contributed by atoms with Crippen LogP contribution in [0.2, 0.25) is 5.02 Å². The van der Waals surface area contributed by atoms with Gasteiger partial charge in [-0.05, 0) is 42.5 Å². The first-order valence-electron chi connectivity index (χ1n) is 10.0. The number of nitrogens with one attached hydrogen (secondary N) is 1. The molecule has 1 atom stereocenters. The summed E-state index contributed by atoms with van der Waals surface area (Å²) in [5.41, 5.74) is 2.68. The molecule has 6 nitrogen and oxygen atoms in total. The van der Waals surface area contributed by atoms with E-state index in [1.807, 2.05) is 42.5 Å². The van der Waals surface area contributed by atoms with Crippen LogP contribution in [0, 0.1) is 0 Å². The van der Waals surface area contributed by atoms with Gasteiger partial charge in [0.15, 0.2) is 11.5 Å². The molecule has 3 aromatic carbocycles. The number of carbonyl (C=O) groups excluding carboxylic acids is 1. The molecule has 1 aliphatic heterocycles. The number of halogens is 1. The summed E-state index contributed by atoms with van der Waals surface area (Å²) in [7, 11) is 3.16. The summed E-state index contributed by atoms with van der Waals surface area (Å²) >= 11 is 6.69. The Morgan fingerprint density at radius 1 is 1.06 bits per heavy atom. The van der Waals surface area contributed by atoms with Gasteiger partial charge in [-0.3, -0.25) is 9.69 Å². The van der Waals surface area contributed by atoms with Gasteiger partial charge in [-0.1, -0.05) is 36.4 Å². The fourth-order valence-electron chi connectivity index (χ4n) is 3.66. The highest BCUT2D eigenvalue weighted by Crippen LogP contribution is 2.42. The molecule has 1 heterocycles. The van der Waals surface area contributed by atoms with E-state index in [0.717, 1.165) is 5.69 Å². The number of para-hydroxylation sites is 1. The van der Waals surface area contributed by atoms with E-state index in [0.29, 0.717) is 45.7 Å². The summed E-state index contributed by atoms with van der Waals surface area (Å²) in [6.45, 7) is 3.99. The van der Waals surface area contributed by atoms with Crippen molar-refractivity contribution in [2.75, 3.05) is 31.0 Å². The molecule has 0 radical (unpaired) electrons. The van der Waals surface area contributed by atoms with Gasteiger partial charge in [0.25, 0.3) is 5.91 Å². The highest BCUT2D eigenvalue weighted by atomic mass is 35.5. The van der Waals surface area contributed by atoms with Gasteiger partial charge >= 0.3 is 0 Å². The van der Waals surface area contributed by atoms with Gasteiger partial charge in [0, 0.05) is 23.0 Å². The number of methoxy groups -OCH3 is 2. The second-order valence-corrected chi connectivity index (χ2v) is 7.50. The zero-order valence-corrected chi connectivity index (χ0v) is 18.6. The smallest absolute Gasteiger partial charge is 0.262 e. The molecule has 3 aromatic rings. The first kappa shape index (κ1) is 21.6. The highest BCUT2D eigenvalue weighted by Gasteiger charge is 2.35. The number of nitrogens with zero attached hydrogens (tertiary/aromatic N) is 1. The molecule has 164 valence electrons. The molecule has 0 saturated carbocycles. The van der Waals surface area contributed by atoms with E-state index in [1.54, 1.807) is 43.4 Å². The van der Waals surface area contributed by atoms with Crippen LogP contribution in [-0.2, 0) is 0 Å². The van der Waals surface area contributed by atoms with E-state index >= 15 is 0 Å². The molecule has 0 spiro atoms. The average molecular weight is 451 g/mol.